The van der Waals surface area contributed by atoms with Crippen molar-refractivity contribution in [1.29, 1.82) is 0 Å². The standard InChI is InChI=1S/C23H30F2N2O2S/c1-2-3-4-15-5-7-16(8-6-15)22(28)27-11-9-18(10-12-27)29-23-26-21-19(25)13-17(24)14-20(21)30-23/h13-16,18H,2-12H2,1H3. The predicted molar refractivity (Wildman–Crippen MR) is 115 cm³/mol. The van der Waals surface area contributed by atoms with E-state index in [2.05, 4.69) is 11.9 Å². The molecule has 1 saturated carbocycles. The van der Waals surface area contributed by atoms with Crippen molar-refractivity contribution in [3.63, 3.8) is 0 Å². The van der Waals surface area contributed by atoms with Gasteiger partial charge in [-0.25, -0.2) is 8.78 Å². The second-order valence-electron chi connectivity index (χ2n) is 8.72. The summed E-state index contributed by atoms with van der Waals surface area (Å²) in [6.45, 7) is 3.61. The van der Waals surface area contributed by atoms with Gasteiger partial charge in [0.1, 0.15) is 17.4 Å². The summed E-state index contributed by atoms with van der Waals surface area (Å²) in [6, 6.07) is 2.12. The maximum atomic E-state index is 13.8. The zero-order valence-electron chi connectivity index (χ0n) is 17.5. The first-order valence-electron chi connectivity index (χ1n) is 11.2. The molecule has 7 heteroatoms. The molecule has 0 radical (unpaired) electrons. The number of amides is 1. The van der Waals surface area contributed by atoms with E-state index in [1.54, 1.807) is 0 Å². The second kappa shape index (κ2) is 9.58. The minimum Gasteiger partial charge on any atom is -0.467 e. The number of rotatable bonds is 6. The number of carbonyl (C=O) groups is 1. The van der Waals surface area contributed by atoms with Crippen LogP contribution in [0.15, 0.2) is 12.1 Å². The molecule has 0 bridgehead atoms. The zero-order valence-corrected chi connectivity index (χ0v) is 18.4. The molecule has 1 aliphatic heterocycles. The van der Waals surface area contributed by atoms with Crippen LogP contribution < -0.4 is 4.74 Å². The lowest BCUT2D eigenvalue weighted by Gasteiger charge is -2.36. The molecule has 2 fully saturated rings. The molecule has 0 N–H and O–H groups in total. The fourth-order valence-corrected chi connectivity index (χ4v) is 5.69. The quantitative estimate of drug-likeness (QED) is 0.563. The molecule has 164 valence electrons. The molecule has 1 aliphatic carbocycles. The number of carbonyl (C=O) groups excluding carboxylic acids is 1. The third-order valence-corrected chi connectivity index (χ3v) is 7.47. The van der Waals surface area contributed by atoms with E-state index in [0.29, 0.717) is 28.9 Å². The Kier molecular flexibility index (Phi) is 6.86. The third kappa shape index (κ3) is 4.93. The molecular weight excluding hydrogens is 406 g/mol. The van der Waals surface area contributed by atoms with E-state index in [-0.39, 0.29) is 17.5 Å². The van der Waals surface area contributed by atoms with Crippen LogP contribution in [0.3, 0.4) is 0 Å². The van der Waals surface area contributed by atoms with Gasteiger partial charge in [0.05, 0.1) is 4.70 Å². The van der Waals surface area contributed by atoms with Crippen LogP contribution in [-0.4, -0.2) is 35.0 Å². The summed E-state index contributed by atoms with van der Waals surface area (Å²) in [6.07, 6.45) is 9.71. The molecule has 1 aromatic heterocycles. The van der Waals surface area contributed by atoms with Gasteiger partial charge in [-0.15, -0.1) is 0 Å². The Balaban J connectivity index is 1.26. The molecule has 0 unspecified atom stereocenters. The van der Waals surface area contributed by atoms with Gasteiger partial charge < -0.3 is 9.64 Å². The monoisotopic (exact) mass is 436 g/mol. The fourth-order valence-electron chi connectivity index (χ4n) is 4.77. The van der Waals surface area contributed by atoms with Crippen LogP contribution in [0.4, 0.5) is 8.78 Å². The van der Waals surface area contributed by atoms with Crippen LogP contribution in [0.25, 0.3) is 10.2 Å². The van der Waals surface area contributed by atoms with Crippen molar-refractivity contribution in [3.05, 3.63) is 23.8 Å². The van der Waals surface area contributed by atoms with Crippen molar-refractivity contribution in [1.82, 2.24) is 9.88 Å². The SMILES string of the molecule is CCCCC1CCC(C(=O)N2CCC(Oc3nc4c(F)cc(F)cc4s3)CC2)CC1. The van der Waals surface area contributed by atoms with E-state index in [0.717, 1.165) is 49.0 Å². The second-order valence-corrected chi connectivity index (χ2v) is 9.71. The molecule has 4 nitrogen and oxygen atoms in total. The van der Waals surface area contributed by atoms with Gasteiger partial charge in [0.15, 0.2) is 5.82 Å². The summed E-state index contributed by atoms with van der Waals surface area (Å²) in [4.78, 5) is 19.1. The van der Waals surface area contributed by atoms with Gasteiger partial charge in [-0.1, -0.05) is 37.5 Å². The number of halogens is 2. The lowest BCUT2D eigenvalue weighted by atomic mass is 9.79. The van der Waals surface area contributed by atoms with Gasteiger partial charge in [0, 0.05) is 37.9 Å². The molecule has 1 amide bonds. The summed E-state index contributed by atoms with van der Waals surface area (Å²) in [5, 5.41) is 0.365. The van der Waals surface area contributed by atoms with Crippen molar-refractivity contribution in [3.8, 4) is 5.19 Å². The number of hydrogen-bond donors (Lipinski definition) is 0. The first kappa shape index (κ1) is 21.5. The molecule has 1 saturated heterocycles. The average molecular weight is 437 g/mol. The Morgan fingerprint density at radius 3 is 2.60 bits per heavy atom. The number of likely N-dealkylation sites (tertiary alicyclic amines) is 1. The Bertz CT molecular complexity index is 871. The maximum absolute atomic E-state index is 13.8. The van der Waals surface area contributed by atoms with E-state index in [1.807, 2.05) is 4.90 Å². The minimum absolute atomic E-state index is 0.0488. The number of aromatic nitrogens is 1. The number of fused-ring (bicyclic) bond motifs is 1. The third-order valence-electron chi connectivity index (χ3n) is 6.58. The van der Waals surface area contributed by atoms with Gasteiger partial charge >= 0.3 is 0 Å². The highest BCUT2D eigenvalue weighted by Gasteiger charge is 2.32. The van der Waals surface area contributed by atoms with Crippen molar-refractivity contribution < 1.29 is 18.3 Å². The topological polar surface area (TPSA) is 42.4 Å². The number of piperidine rings is 1. The molecule has 1 aromatic carbocycles. The van der Waals surface area contributed by atoms with E-state index < -0.39 is 11.6 Å². The minimum atomic E-state index is -0.666. The molecule has 0 atom stereocenters. The average Bonchev–Trinajstić information content (AvgIpc) is 3.15. The van der Waals surface area contributed by atoms with Gasteiger partial charge in [0.2, 0.25) is 5.91 Å². The molecule has 2 aromatic rings. The van der Waals surface area contributed by atoms with E-state index in [9.17, 15) is 13.6 Å². The van der Waals surface area contributed by atoms with Gasteiger partial charge in [-0.3, -0.25) is 4.79 Å². The number of benzene rings is 1. The lowest BCUT2D eigenvalue weighted by Crippen LogP contribution is -2.45. The highest BCUT2D eigenvalue weighted by atomic mass is 32.1. The number of thiazole rings is 1. The van der Waals surface area contributed by atoms with Gasteiger partial charge in [0.25, 0.3) is 5.19 Å². The fraction of sp³-hybridized carbons (Fsp3) is 0.652. The van der Waals surface area contributed by atoms with Crippen LogP contribution in [0, 0.1) is 23.5 Å². The van der Waals surface area contributed by atoms with Crippen molar-refractivity contribution in [2.75, 3.05) is 13.1 Å². The number of nitrogens with zero attached hydrogens (tertiary/aromatic N) is 2. The summed E-state index contributed by atoms with van der Waals surface area (Å²) in [5.74, 6) is 0.0185. The predicted octanol–water partition coefficient (Wildman–Crippen LogP) is 5.94. The van der Waals surface area contributed by atoms with E-state index in [1.165, 1.54) is 38.2 Å². The van der Waals surface area contributed by atoms with Crippen LogP contribution in [0.5, 0.6) is 5.19 Å². The molecule has 30 heavy (non-hydrogen) atoms. The first-order chi connectivity index (χ1) is 14.5. The van der Waals surface area contributed by atoms with Crippen molar-refractivity contribution in [2.24, 2.45) is 11.8 Å². The Morgan fingerprint density at radius 1 is 1.17 bits per heavy atom. The Labute approximate surface area is 180 Å². The highest BCUT2D eigenvalue weighted by molar-refractivity contribution is 7.20. The highest BCUT2D eigenvalue weighted by Crippen LogP contribution is 2.34. The normalized spacial score (nSPS) is 23.1. The van der Waals surface area contributed by atoms with E-state index in [4.69, 9.17) is 4.74 Å². The van der Waals surface area contributed by atoms with Crippen molar-refractivity contribution in [2.45, 2.75) is 70.8 Å². The molecule has 4 rings (SSSR count). The number of unbranched alkanes of at least 4 members (excludes halogenated alkanes) is 1. The molecule has 0 spiro atoms. The van der Waals surface area contributed by atoms with E-state index >= 15 is 0 Å². The summed E-state index contributed by atoms with van der Waals surface area (Å²) in [7, 11) is 0. The summed E-state index contributed by atoms with van der Waals surface area (Å²) < 4.78 is 33.6. The summed E-state index contributed by atoms with van der Waals surface area (Å²) in [5.41, 5.74) is 0.151. The van der Waals surface area contributed by atoms with Crippen LogP contribution in [0.2, 0.25) is 0 Å². The largest absolute Gasteiger partial charge is 0.467 e. The Morgan fingerprint density at radius 2 is 1.90 bits per heavy atom. The number of hydrogen-bond acceptors (Lipinski definition) is 4. The zero-order chi connectivity index (χ0) is 21.1. The van der Waals surface area contributed by atoms with Gasteiger partial charge in [-0.05, 0) is 37.7 Å². The molecular formula is C23H30F2N2O2S. The van der Waals surface area contributed by atoms with Crippen molar-refractivity contribution >= 4 is 27.5 Å². The lowest BCUT2D eigenvalue weighted by molar-refractivity contribution is -0.138. The smallest absolute Gasteiger partial charge is 0.274 e. The molecule has 2 aliphatic rings. The van der Waals surface area contributed by atoms with Crippen LogP contribution in [0.1, 0.15) is 64.7 Å². The Hall–Kier alpha value is -1.76. The first-order valence-corrected chi connectivity index (χ1v) is 12.1. The maximum Gasteiger partial charge on any atom is 0.274 e. The summed E-state index contributed by atoms with van der Waals surface area (Å²) >= 11 is 1.16. The van der Waals surface area contributed by atoms with Gasteiger partial charge in [-0.2, -0.15) is 4.98 Å². The van der Waals surface area contributed by atoms with Crippen LogP contribution >= 0.6 is 11.3 Å². The number of ether oxygens (including phenoxy) is 1. The van der Waals surface area contributed by atoms with Crippen LogP contribution in [-0.2, 0) is 4.79 Å². The molecule has 2 heterocycles.